The lowest BCUT2D eigenvalue weighted by molar-refractivity contribution is -0.146. The molecule has 2 heterocycles. The number of morpholine rings is 1. The average molecular weight is 328 g/mol. The summed E-state index contributed by atoms with van der Waals surface area (Å²) in [5, 5.41) is 0. The van der Waals surface area contributed by atoms with Crippen molar-refractivity contribution >= 4 is 11.8 Å². The smallest absolute Gasteiger partial charge is 0.245 e. The van der Waals surface area contributed by atoms with E-state index in [1.54, 1.807) is 4.90 Å². The molecule has 0 N–H and O–H groups in total. The molecule has 2 fully saturated rings. The zero-order valence-electron chi connectivity index (χ0n) is 14.1. The first kappa shape index (κ1) is 18.2. The predicted molar refractivity (Wildman–Crippen MR) is 85.8 cm³/mol. The minimum Gasteiger partial charge on any atom is -0.378 e. The molecule has 6 heteroatoms. The van der Waals surface area contributed by atoms with E-state index in [1.165, 1.54) is 17.7 Å². The van der Waals surface area contributed by atoms with Gasteiger partial charge in [-0.3, -0.25) is 9.59 Å². The number of unbranched alkanes of at least 4 members (excludes halogenated alkanes) is 4. The molecule has 2 saturated heterocycles. The minimum absolute atomic E-state index is 0.0640. The average Bonchev–Trinajstić information content (AvgIpc) is 2.96. The lowest BCUT2D eigenvalue weighted by atomic mass is 10.1. The molecule has 2 rings (SSSR count). The van der Waals surface area contributed by atoms with Crippen LogP contribution in [0.25, 0.3) is 0 Å². The van der Waals surface area contributed by atoms with Gasteiger partial charge in [0.25, 0.3) is 0 Å². The number of ether oxygens (including phenoxy) is 1. The van der Waals surface area contributed by atoms with Gasteiger partial charge < -0.3 is 14.5 Å². The van der Waals surface area contributed by atoms with Gasteiger partial charge in [-0.25, -0.2) is 4.39 Å². The van der Waals surface area contributed by atoms with E-state index in [4.69, 9.17) is 4.74 Å². The number of halogens is 1. The van der Waals surface area contributed by atoms with Crippen LogP contribution in [0.4, 0.5) is 4.39 Å². The molecule has 0 aromatic heterocycles. The van der Waals surface area contributed by atoms with E-state index >= 15 is 0 Å². The second-order valence-electron chi connectivity index (χ2n) is 6.50. The summed E-state index contributed by atoms with van der Waals surface area (Å²) >= 11 is 0. The second kappa shape index (κ2) is 9.21. The zero-order valence-corrected chi connectivity index (χ0v) is 14.1. The van der Waals surface area contributed by atoms with Crippen LogP contribution in [-0.2, 0) is 14.3 Å². The third-order valence-corrected chi connectivity index (χ3v) is 4.67. The Bertz CT molecular complexity index is 399. The summed E-state index contributed by atoms with van der Waals surface area (Å²) in [4.78, 5) is 28.1. The van der Waals surface area contributed by atoms with Crippen LogP contribution in [0.15, 0.2) is 0 Å². The summed E-state index contributed by atoms with van der Waals surface area (Å²) < 4.78 is 19.1. The highest BCUT2D eigenvalue weighted by Crippen LogP contribution is 2.24. The molecule has 0 spiro atoms. The molecular weight excluding hydrogens is 299 g/mol. The van der Waals surface area contributed by atoms with Crippen molar-refractivity contribution in [3.63, 3.8) is 0 Å². The molecule has 2 amide bonds. The fourth-order valence-electron chi connectivity index (χ4n) is 3.31. The number of carbonyl (C=O) groups is 2. The first-order chi connectivity index (χ1) is 11.1. The Kier molecular flexibility index (Phi) is 7.27. The summed E-state index contributed by atoms with van der Waals surface area (Å²) in [5.41, 5.74) is 0. The van der Waals surface area contributed by atoms with E-state index in [-0.39, 0.29) is 24.8 Å². The summed E-state index contributed by atoms with van der Waals surface area (Å²) in [6.07, 6.45) is 4.79. The molecule has 2 aliphatic rings. The van der Waals surface area contributed by atoms with Crippen LogP contribution in [0.5, 0.6) is 0 Å². The number of hydrogen-bond donors (Lipinski definition) is 0. The van der Waals surface area contributed by atoms with Gasteiger partial charge in [-0.05, 0) is 6.42 Å². The van der Waals surface area contributed by atoms with Crippen LogP contribution in [-0.4, -0.2) is 66.7 Å². The lowest BCUT2D eigenvalue weighted by Gasteiger charge is -2.32. The van der Waals surface area contributed by atoms with Crippen molar-refractivity contribution in [3.05, 3.63) is 0 Å². The van der Waals surface area contributed by atoms with Gasteiger partial charge in [-0.15, -0.1) is 0 Å². The number of alkyl halides is 1. The Labute approximate surface area is 138 Å². The van der Waals surface area contributed by atoms with E-state index in [2.05, 4.69) is 6.92 Å². The van der Waals surface area contributed by atoms with E-state index in [0.717, 1.165) is 19.3 Å². The molecule has 0 aliphatic carbocycles. The van der Waals surface area contributed by atoms with Crippen LogP contribution in [0.3, 0.4) is 0 Å². The number of nitrogens with zero attached hydrogens (tertiary/aromatic N) is 2. The predicted octanol–water partition coefficient (Wildman–Crippen LogP) is 2.14. The molecule has 0 aromatic carbocycles. The lowest BCUT2D eigenvalue weighted by Crippen LogP contribution is -2.51. The van der Waals surface area contributed by atoms with Crippen molar-refractivity contribution < 1.29 is 18.7 Å². The Morgan fingerprint density at radius 3 is 2.52 bits per heavy atom. The highest BCUT2D eigenvalue weighted by molar-refractivity contribution is 5.88. The highest BCUT2D eigenvalue weighted by Gasteiger charge is 2.41. The van der Waals surface area contributed by atoms with Gasteiger partial charge in [0.05, 0.1) is 19.8 Å². The highest BCUT2D eigenvalue weighted by atomic mass is 19.1. The summed E-state index contributed by atoms with van der Waals surface area (Å²) in [5.74, 6) is -0.193. The Morgan fingerprint density at radius 2 is 1.83 bits per heavy atom. The topological polar surface area (TPSA) is 49.9 Å². The fraction of sp³-hybridized carbons (Fsp3) is 0.882. The van der Waals surface area contributed by atoms with Crippen molar-refractivity contribution in [2.24, 2.45) is 0 Å². The molecule has 0 saturated carbocycles. The molecule has 2 atom stereocenters. The first-order valence-corrected chi connectivity index (χ1v) is 8.93. The fourth-order valence-corrected chi connectivity index (χ4v) is 3.31. The maximum Gasteiger partial charge on any atom is 0.245 e. The third-order valence-electron chi connectivity index (χ3n) is 4.67. The SMILES string of the molecule is CCCCCCCC(=O)N1C[C@H](F)C[C@H]1C(=O)N1CCOCC1. The van der Waals surface area contributed by atoms with Crippen LogP contribution in [0, 0.1) is 0 Å². The molecule has 132 valence electrons. The van der Waals surface area contributed by atoms with Crippen LogP contribution >= 0.6 is 0 Å². The van der Waals surface area contributed by atoms with Gasteiger partial charge in [0.15, 0.2) is 0 Å². The standard InChI is InChI=1S/C17H29FN2O3/c1-2-3-4-5-6-7-16(21)20-13-14(18)12-15(20)17(22)19-8-10-23-11-9-19/h14-15H,2-13H2,1H3/t14-,15+/m1/s1. The summed E-state index contributed by atoms with van der Waals surface area (Å²) in [7, 11) is 0. The number of likely N-dealkylation sites (tertiary alicyclic amines) is 1. The van der Waals surface area contributed by atoms with E-state index in [0.29, 0.717) is 32.7 Å². The number of hydrogen-bond acceptors (Lipinski definition) is 3. The normalized spacial score (nSPS) is 25.0. The zero-order chi connectivity index (χ0) is 16.7. The monoisotopic (exact) mass is 328 g/mol. The van der Waals surface area contributed by atoms with Gasteiger partial charge in [-0.2, -0.15) is 0 Å². The maximum absolute atomic E-state index is 13.8. The number of carbonyl (C=O) groups excluding carboxylic acids is 2. The Balaban J connectivity index is 1.85. The van der Waals surface area contributed by atoms with Gasteiger partial charge >= 0.3 is 0 Å². The van der Waals surface area contributed by atoms with Crippen molar-refractivity contribution in [2.45, 2.75) is 64.1 Å². The first-order valence-electron chi connectivity index (χ1n) is 8.93. The van der Waals surface area contributed by atoms with Crippen molar-refractivity contribution in [3.8, 4) is 0 Å². The molecular formula is C17H29FN2O3. The van der Waals surface area contributed by atoms with Crippen molar-refractivity contribution in [1.29, 1.82) is 0 Å². The van der Waals surface area contributed by atoms with Gasteiger partial charge in [0, 0.05) is 25.9 Å². The molecule has 0 radical (unpaired) electrons. The van der Waals surface area contributed by atoms with E-state index in [1.807, 2.05) is 0 Å². The molecule has 0 bridgehead atoms. The summed E-state index contributed by atoms with van der Waals surface area (Å²) in [6, 6.07) is -0.619. The van der Waals surface area contributed by atoms with Gasteiger partial charge in [0.1, 0.15) is 12.2 Å². The van der Waals surface area contributed by atoms with Crippen molar-refractivity contribution in [1.82, 2.24) is 9.80 Å². The molecule has 5 nitrogen and oxygen atoms in total. The van der Waals surface area contributed by atoms with Crippen LogP contribution in [0.1, 0.15) is 51.9 Å². The largest absolute Gasteiger partial charge is 0.378 e. The minimum atomic E-state index is -1.09. The number of amides is 2. The van der Waals surface area contributed by atoms with Crippen LogP contribution in [0.2, 0.25) is 0 Å². The Hall–Kier alpha value is -1.17. The summed E-state index contributed by atoms with van der Waals surface area (Å²) in [6.45, 7) is 4.32. The number of rotatable bonds is 7. The molecule has 2 aliphatic heterocycles. The quantitative estimate of drug-likeness (QED) is 0.673. The molecule has 23 heavy (non-hydrogen) atoms. The maximum atomic E-state index is 13.8. The Morgan fingerprint density at radius 1 is 1.13 bits per heavy atom. The van der Waals surface area contributed by atoms with Gasteiger partial charge in [0.2, 0.25) is 11.8 Å². The van der Waals surface area contributed by atoms with Crippen molar-refractivity contribution in [2.75, 3.05) is 32.8 Å². The third kappa shape index (κ3) is 5.16. The molecule has 0 aromatic rings. The van der Waals surface area contributed by atoms with E-state index < -0.39 is 12.2 Å². The van der Waals surface area contributed by atoms with Gasteiger partial charge in [-0.1, -0.05) is 32.6 Å². The second-order valence-corrected chi connectivity index (χ2v) is 6.50. The van der Waals surface area contributed by atoms with E-state index in [9.17, 15) is 14.0 Å². The molecule has 0 unspecified atom stereocenters. The van der Waals surface area contributed by atoms with Crippen LogP contribution < -0.4 is 0 Å².